The van der Waals surface area contributed by atoms with Crippen LogP contribution in [0.2, 0.25) is 0 Å². The normalized spacial score (nSPS) is 21.2. The summed E-state index contributed by atoms with van der Waals surface area (Å²) in [4.78, 5) is 20.0. The molecule has 2 aliphatic heterocycles. The van der Waals surface area contributed by atoms with Crippen LogP contribution in [0.15, 0.2) is 45.0 Å². The number of halogens is 2. The number of benzene rings is 1. The number of aryl methyl sites for hydroxylation is 3. The first-order valence-electron chi connectivity index (χ1n) is 12.1. The predicted octanol–water partition coefficient (Wildman–Crippen LogP) is 5.69. The second kappa shape index (κ2) is 10.0. The molecule has 5 rings (SSSR count). The molecule has 6 heteroatoms. The van der Waals surface area contributed by atoms with Crippen molar-refractivity contribution in [1.82, 2.24) is 15.2 Å². The van der Waals surface area contributed by atoms with E-state index in [1.54, 1.807) is 0 Å². The van der Waals surface area contributed by atoms with Crippen LogP contribution in [-0.4, -0.2) is 42.0 Å². The average Bonchev–Trinajstić information content (AvgIpc) is 2.96. The van der Waals surface area contributed by atoms with Gasteiger partial charge in [-0.25, -0.2) is 0 Å². The number of likely N-dealkylation sites (tertiary alicyclic amines) is 1. The molecule has 1 aromatic carbocycles. The summed E-state index contributed by atoms with van der Waals surface area (Å²) in [5.41, 5.74) is 8.02. The summed E-state index contributed by atoms with van der Waals surface area (Å²) in [7, 11) is 0. The molecule has 1 atom stereocenters. The van der Waals surface area contributed by atoms with Crippen molar-refractivity contribution in [2.45, 2.75) is 51.4 Å². The maximum absolute atomic E-state index is 12.9. The van der Waals surface area contributed by atoms with Gasteiger partial charge in [0.2, 0.25) is 5.91 Å². The van der Waals surface area contributed by atoms with Gasteiger partial charge in [0.25, 0.3) is 0 Å². The van der Waals surface area contributed by atoms with Crippen LogP contribution in [0.4, 0.5) is 0 Å². The van der Waals surface area contributed by atoms with Gasteiger partial charge in [-0.05, 0) is 115 Å². The Bertz CT molecular complexity index is 1080. The maximum Gasteiger partial charge on any atom is 0.246 e. The Morgan fingerprint density at radius 1 is 1.06 bits per heavy atom. The monoisotopic (exact) mass is 571 g/mol. The summed E-state index contributed by atoms with van der Waals surface area (Å²) in [5, 5.41) is 3.36. The lowest BCUT2D eigenvalue weighted by atomic mass is 9.76. The van der Waals surface area contributed by atoms with Gasteiger partial charge in [0, 0.05) is 40.2 Å². The number of hydrogen-bond acceptors (Lipinski definition) is 3. The zero-order chi connectivity index (χ0) is 22.9. The second-order valence-electron chi connectivity index (χ2n) is 9.71. The van der Waals surface area contributed by atoms with Gasteiger partial charge in [-0.15, -0.1) is 0 Å². The molecule has 0 spiro atoms. The van der Waals surface area contributed by atoms with Crippen LogP contribution in [-0.2, 0) is 17.6 Å². The molecule has 3 aliphatic rings. The van der Waals surface area contributed by atoms with Gasteiger partial charge in [-0.2, -0.15) is 0 Å². The Balaban J connectivity index is 1.42. The standard InChI is InChI=1S/C27H31Br2N3O/c1-17-12-20-2-3-21-15-22(28)16-31-27(21)26(25(20)23(29)13-17)19-6-10-32(11-7-19)24(33)14-18-4-8-30-9-5-18/h12-16,19,26,30H,2-11H2,1H3/t26-/m1/s1. The lowest BCUT2D eigenvalue weighted by Crippen LogP contribution is -2.39. The highest BCUT2D eigenvalue weighted by atomic mass is 79.9. The Labute approximate surface area is 213 Å². The van der Waals surface area contributed by atoms with E-state index in [0.29, 0.717) is 5.92 Å². The van der Waals surface area contributed by atoms with Crippen LogP contribution in [0.1, 0.15) is 59.5 Å². The molecule has 0 radical (unpaired) electrons. The van der Waals surface area contributed by atoms with E-state index in [0.717, 1.165) is 69.2 Å². The fourth-order valence-electron chi connectivity index (χ4n) is 5.83. The zero-order valence-corrected chi connectivity index (χ0v) is 22.3. The van der Waals surface area contributed by atoms with Gasteiger partial charge in [-0.1, -0.05) is 27.6 Å². The maximum atomic E-state index is 12.9. The van der Waals surface area contributed by atoms with Gasteiger partial charge in [0.1, 0.15) is 0 Å². The molecule has 1 aromatic heterocycles. The van der Waals surface area contributed by atoms with Crippen molar-refractivity contribution in [3.8, 4) is 0 Å². The summed E-state index contributed by atoms with van der Waals surface area (Å²) in [6, 6.07) is 6.86. The predicted molar refractivity (Wildman–Crippen MR) is 140 cm³/mol. The quantitative estimate of drug-likeness (QED) is 0.470. The number of piperidine rings is 2. The minimum absolute atomic E-state index is 0.200. The van der Waals surface area contributed by atoms with Gasteiger partial charge >= 0.3 is 0 Å². The van der Waals surface area contributed by atoms with E-state index < -0.39 is 0 Å². The van der Waals surface area contributed by atoms with Crippen molar-refractivity contribution in [3.05, 3.63) is 72.9 Å². The number of hydrogen-bond donors (Lipinski definition) is 1. The first kappa shape index (κ1) is 23.3. The van der Waals surface area contributed by atoms with E-state index in [9.17, 15) is 4.79 Å². The smallest absolute Gasteiger partial charge is 0.246 e. The molecule has 174 valence electrons. The molecule has 1 amide bonds. The van der Waals surface area contributed by atoms with Crippen LogP contribution in [0.5, 0.6) is 0 Å². The molecule has 0 unspecified atom stereocenters. The summed E-state index contributed by atoms with van der Waals surface area (Å²) in [6.07, 6.45) is 9.92. The van der Waals surface area contributed by atoms with Crippen molar-refractivity contribution >= 4 is 37.8 Å². The van der Waals surface area contributed by atoms with Gasteiger partial charge in [0.05, 0.1) is 5.69 Å². The summed E-state index contributed by atoms with van der Waals surface area (Å²) >= 11 is 7.55. The molecule has 3 heterocycles. The number of amides is 1. The third kappa shape index (κ3) is 4.98. The Morgan fingerprint density at radius 3 is 2.55 bits per heavy atom. The molecule has 0 saturated carbocycles. The van der Waals surface area contributed by atoms with Gasteiger partial charge in [-0.3, -0.25) is 9.78 Å². The number of pyridine rings is 1. The molecule has 2 saturated heterocycles. The number of carbonyl (C=O) groups excluding carboxylic acids is 1. The lowest BCUT2D eigenvalue weighted by Gasteiger charge is -2.37. The van der Waals surface area contributed by atoms with Crippen LogP contribution in [0.3, 0.4) is 0 Å². The van der Waals surface area contributed by atoms with Crippen LogP contribution < -0.4 is 5.32 Å². The van der Waals surface area contributed by atoms with Crippen LogP contribution >= 0.6 is 31.9 Å². The van der Waals surface area contributed by atoms with Crippen molar-refractivity contribution in [3.63, 3.8) is 0 Å². The molecule has 1 aliphatic carbocycles. The molecular weight excluding hydrogens is 542 g/mol. The zero-order valence-electron chi connectivity index (χ0n) is 19.2. The molecule has 4 nitrogen and oxygen atoms in total. The SMILES string of the molecule is Cc1cc(Br)c2c(c1)CCc1cc(Br)cnc1[C@@H]2C1CCN(C(=O)C=C2CCNCC2)CC1. The van der Waals surface area contributed by atoms with Crippen molar-refractivity contribution < 1.29 is 4.79 Å². The van der Waals surface area contributed by atoms with E-state index in [-0.39, 0.29) is 11.8 Å². The summed E-state index contributed by atoms with van der Waals surface area (Å²) in [5.74, 6) is 0.940. The van der Waals surface area contributed by atoms with Crippen LogP contribution in [0.25, 0.3) is 0 Å². The first-order valence-corrected chi connectivity index (χ1v) is 13.7. The fourth-order valence-corrected chi connectivity index (χ4v) is 7.07. The Kier molecular flexibility index (Phi) is 7.05. The highest BCUT2D eigenvalue weighted by Crippen LogP contribution is 2.45. The van der Waals surface area contributed by atoms with Crippen LogP contribution in [0, 0.1) is 12.8 Å². The molecule has 33 heavy (non-hydrogen) atoms. The van der Waals surface area contributed by atoms with E-state index in [1.807, 2.05) is 12.3 Å². The average molecular weight is 573 g/mol. The third-order valence-electron chi connectivity index (χ3n) is 7.49. The summed E-state index contributed by atoms with van der Waals surface area (Å²) in [6.45, 7) is 5.80. The Hall–Kier alpha value is -1.50. The number of carbonyl (C=O) groups is 1. The number of nitrogens with one attached hydrogen (secondary N) is 1. The fraction of sp³-hybridized carbons (Fsp3) is 0.481. The van der Waals surface area contributed by atoms with E-state index in [2.05, 4.69) is 67.2 Å². The first-order chi connectivity index (χ1) is 16.0. The lowest BCUT2D eigenvalue weighted by molar-refractivity contribution is -0.127. The number of rotatable bonds is 2. The molecular formula is C27H31Br2N3O. The Morgan fingerprint density at radius 2 is 1.79 bits per heavy atom. The van der Waals surface area contributed by atoms with E-state index >= 15 is 0 Å². The van der Waals surface area contributed by atoms with Crippen molar-refractivity contribution in [2.24, 2.45) is 5.92 Å². The number of nitrogens with zero attached hydrogens (tertiary/aromatic N) is 2. The number of aromatic nitrogens is 1. The molecule has 2 fully saturated rings. The summed E-state index contributed by atoms with van der Waals surface area (Å²) < 4.78 is 2.25. The van der Waals surface area contributed by atoms with Gasteiger partial charge in [0.15, 0.2) is 0 Å². The van der Waals surface area contributed by atoms with E-state index in [4.69, 9.17) is 4.98 Å². The topological polar surface area (TPSA) is 45.2 Å². The highest BCUT2D eigenvalue weighted by Gasteiger charge is 2.36. The molecule has 0 bridgehead atoms. The minimum Gasteiger partial charge on any atom is -0.339 e. The van der Waals surface area contributed by atoms with Gasteiger partial charge < -0.3 is 10.2 Å². The van der Waals surface area contributed by atoms with E-state index in [1.165, 1.54) is 38.0 Å². The second-order valence-corrected chi connectivity index (χ2v) is 11.5. The largest absolute Gasteiger partial charge is 0.339 e. The number of fused-ring (bicyclic) bond motifs is 2. The molecule has 2 aromatic rings. The highest BCUT2D eigenvalue weighted by molar-refractivity contribution is 9.10. The van der Waals surface area contributed by atoms with Crippen molar-refractivity contribution in [2.75, 3.05) is 26.2 Å². The van der Waals surface area contributed by atoms with Crippen molar-refractivity contribution in [1.29, 1.82) is 0 Å². The molecule has 1 N–H and O–H groups in total. The third-order valence-corrected chi connectivity index (χ3v) is 8.58. The minimum atomic E-state index is 0.200.